The van der Waals surface area contributed by atoms with Gasteiger partial charge in [-0.25, -0.2) is 0 Å². The number of hydrogen-bond acceptors (Lipinski definition) is 3. The lowest BCUT2D eigenvalue weighted by molar-refractivity contribution is -0.137. The lowest BCUT2D eigenvalue weighted by atomic mass is 10.1. The monoisotopic (exact) mass is 312 g/mol. The van der Waals surface area contributed by atoms with E-state index in [1.54, 1.807) is 25.3 Å². The van der Waals surface area contributed by atoms with E-state index in [1.165, 1.54) is 12.1 Å². The third-order valence-corrected chi connectivity index (χ3v) is 2.97. The van der Waals surface area contributed by atoms with Gasteiger partial charge in [0.1, 0.15) is 16.5 Å². The highest BCUT2D eigenvalue weighted by Gasteiger charge is 2.34. The summed E-state index contributed by atoms with van der Waals surface area (Å²) in [6.45, 7) is 1.73. The highest BCUT2D eigenvalue weighted by Crippen LogP contribution is 2.35. The molecule has 1 heterocycles. The predicted molar refractivity (Wildman–Crippen MR) is 76.4 cm³/mol. The number of alkyl halides is 3. The highest BCUT2D eigenvalue weighted by molar-refractivity contribution is 7.80. The van der Waals surface area contributed by atoms with Crippen LogP contribution >= 0.6 is 12.2 Å². The SMILES string of the molecule is Cc1ncccc1Oc1ccc(C(F)(F)F)c(C(N)=S)c1. The molecule has 0 saturated heterocycles. The molecule has 2 rings (SSSR count). The molecular formula is C14H11F3N2OS. The van der Waals surface area contributed by atoms with Gasteiger partial charge in [0.15, 0.2) is 0 Å². The molecular weight excluding hydrogens is 301 g/mol. The Morgan fingerprint density at radius 2 is 2.00 bits per heavy atom. The normalized spacial score (nSPS) is 11.2. The molecule has 7 heteroatoms. The zero-order valence-electron chi connectivity index (χ0n) is 10.9. The molecule has 110 valence electrons. The highest BCUT2D eigenvalue weighted by atomic mass is 32.1. The average molecular weight is 312 g/mol. The van der Waals surface area contributed by atoms with E-state index in [9.17, 15) is 13.2 Å². The molecule has 0 saturated carbocycles. The molecule has 0 aliphatic heterocycles. The Labute approximate surface area is 124 Å². The van der Waals surface area contributed by atoms with Crippen LogP contribution in [-0.4, -0.2) is 9.97 Å². The van der Waals surface area contributed by atoms with Gasteiger partial charge in [0.05, 0.1) is 11.3 Å². The fraction of sp³-hybridized carbons (Fsp3) is 0.143. The number of hydrogen-bond donors (Lipinski definition) is 1. The van der Waals surface area contributed by atoms with Crippen molar-refractivity contribution in [2.24, 2.45) is 5.73 Å². The smallest absolute Gasteiger partial charge is 0.417 e. The van der Waals surface area contributed by atoms with E-state index in [0.717, 1.165) is 6.07 Å². The number of benzene rings is 1. The number of rotatable bonds is 3. The standard InChI is InChI=1S/C14H11F3N2OS/c1-8-12(3-2-6-19-8)20-9-4-5-11(14(15,16)17)10(7-9)13(18)21/h2-7H,1H3,(H2,18,21). The van der Waals surface area contributed by atoms with Crippen LogP contribution in [0.2, 0.25) is 0 Å². The molecule has 0 aliphatic carbocycles. The Morgan fingerprint density at radius 3 is 2.57 bits per heavy atom. The summed E-state index contributed by atoms with van der Waals surface area (Å²) in [4.78, 5) is 3.70. The Kier molecular flexibility index (Phi) is 4.13. The zero-order chi connectivity index (χ0) is 15.6. The Balaban J connectivity index is 2.42. The maximum Gasteiger partial charge on any atom is 0.417 e. The maximum absolute atomic E-state index is 12.9. The summed E-state index contributed by atoms with van der Waals surface area (Å²) in [6.07, 6.45) is -2.93. The first-order chi connectivity index (χ1) is 9.79. The molecule has 0 atom stereocenters. The summed E-state index contributed by atoms with van der Waals surface area (Å²) in [5, 5.41) is 0. The number of halogens is 3. The van der Waals surface area contributed by atoms with Gasteiger partial charge in [-0.1, -0.05) is 12.2 Å². The van der Waals surface area contributed by atoms with Crippen molar-refractivity contribution in [3.05, 3.63) is 53.3 Å². The van der Waals surface area contributed by atoms with Gasteiger partial charge in [0.2, 0.25) is 0 Å². The zero-order valence-corrected chi connectivity index (χ0v) is 11.8. The lowest BCUT2D eigenvalue weighted by Crippen LogP contribution is -2.17. The van der Waals surface area contributed by atoms with Gasteiger partial charge >= 0.3 is 6.18 Å². The van der Waals surface area contributed by atoms with Crippen LogP contribution < -0.4 is 10.5 Å². The third kappa shape index (κ3) is 3.49. The van der Waals surface area contributed by atoms with E-state index >= 15 is 0 Å². The Bertz CT molecular complexity index is 686. The fourth-order valence-corrected chi connectivity index (χ4v) is 1.91. The van der Waals surface area contributed by atoms with E-state index in [4.69, 9.17) is 10.5 Å². The first kappa shape index (κ1) is 15.2. The Hall–Kier alpha value is -2.15. The summed E-state index contributed by atoms with van der Waals surface area (Å²) in [7, 11) is 0. The van der Waals surface area contributed by atoms with Crippen LogP contribution in [0.3, 0.4) is 0 Å². The largest absolute Gasteiger partial charge is 0.455 e. The number of aryl methyl sites for hydroxylation is 1. The van der Waals surface area contributed by atoms with Gasteiger partial charge < -0.3 is 10.5 Å². The molecule has 0 spiro atoms. The second-order valence-electron chi connectivity index (χ2n) is 4.26. The van der Waals surface area contributed by atoms with Crippen molar-refractivity contribution >= 4 is 17.2 Å². The van der Waals surface area contributed by atoms with E-state index in [0.29, 0.717) is 11.4 Å². The first-order valence-electron chi connectivity index (χ1n) is 5.89. The van der Waals surface area contributed by atoms with Gasteiger partial charge in [0, 0.05) is 11.8 Å². The molecule has 0 amide bonds. The maximum atomic E-state index is 12.9. The van der Waals surface area contributed by atoms with Crippen LogP contribution in [0.25, 0.3) is 0 Å². The molecule has 1 aromatic carbocycles. The number of ether oxygens (including phenoxy) is 1. The summed E-state index contributed by atoms with van der Waals surface area (Å²) in [6, 6.07) is 6.63. The first-order valence-corrected chi connectivity index (χ1v) is 6.30. The van der Waals surface area contributed by atoms with Gasteiger partial charge in [-0.15, -0.1) is 0 Å². The number of nitrogens with zero attached hydrogens (tertiary/aromatic N) is 1. The Morgan fingerprint density at radius 1 is 1.29 bits per heavy atom. The molecule has 21 heavy (non-hydrogen) atoms. The minimum absolute atomic E-state index is 0.210. The van der Waals surface area contributed by atoms with Crippen LogP contribution in [0.4, 0.5) is 13.2 Å². The van der Waals surface area contributed by atoms with Gasteiger partial charge in [0.25, 0.3) is 0 Å². The van der Waals surface area contributed by atoms with Crippen LogP contribution in [0.15, 0.2) is 36.5 Å². The van der Waals surface area contributed by atoms with Crippen LogP contribution in [0.1, 0.15) is 16.8 Å². The van der Waals surface area contributed by atoms with Crippen molar-refractivity contribution in [1.82, 2.24) is 4.98 Å². The van der Waals surface area contributed by atoms with Crippen molar-refractivity contribution in [3.8, 4) is 11.5 Å². The van der Waals surface area contributed by atoms with Crippen LogP contribution in [0, 0.1) is 6.92 Å². The number of nitrogens with two attached hydrogens (primary N) is 1. The number of thiocarbonyl (C=S) groups is 1. The third-order valence-electron chi connectivity index (χ3n) is 2.75. The molecule has 3 nitrogen and oxygen atoms in total. The quantitative estimate of drug-likeness (QED) is 0.875. The molecule has 0 bridgehead atoms. The molecule has 2 N–H and O–H groups in total. The minimum atomic E-state index is -4.53. The van der Waals surface area contributed by atoms with Crippen LogP contribution in [0.5, 0.6) is 11.5 Å². The summed E-state index contributed by atoms with van der Waals surface area (Å²) in [5.41, 5.74) is 4.84. The summed E-state index contributed by atoms with van der Waals surface area (Å²) < 4.78 is 44.1. The lowest BCUT2D eigenvalue weighted by Gasteiger charge is -2.14. The van der Waals surface area contributed by atoms with Crippen molar-refractivity contribution in [1.29, 1.82) is 0 Å². The second kappa shape index (κ2) is 5.69. The minimum Gasteiger partial charge on any atom is -0.455 e. The molecule has 1 aromatic heterocycles. The van der Waals surface area contributed by atoms with Gasteiger partial charge in [-0.3, -0.25) is 4.98 Å². The van der Waals surface area contributed by atoms with E-state index in [-0.39, 0.29) is 16.3 Å². The average Bonchev–Trinajstić information content (AvgIpc) is 2.40. The van der Waals surface area contributed by atoms with E-state index < -0.39 is 11.7 Å². The van der Waals surface area contributed by atoms with Crippen molar-refractivity contribution in [2.75, 3.05) is 0 Å². The molecule has 0 aliphatic rings. The number of pyridine rings is 1. The van der Waals surface area contributed by atoms with Gasteiger partial charge in [-0.05, 0) is 37.3 Å². The molecule has 0 fully saturated rings. The van der Waals surface area contributed by atoms with Crippen molar-refractivity contribution in [2.45, 2.75) is 13.1 Å². The predicted octanol–water partition coefficient (Wildman–Crippen LogP) is 3.84. The number of aromatic nitrogens is 1. The molecule has 2 aromatic rings. The van der Waals surface area contributed by atoms with Crippen LogP contribution in [-0.2, 0) is 6.18 Å². The van der Waals surface area contributed by atoms with Crippen molar-refractivity contribution in [3.63, 3.8) is 0 Å². The topological polar surface area (TPSA) is 48.1 Å². The second-order valence-corrected chi connectivity index (χ2v) is 4.70. The van der Waals surface area contributed by atoms with E-state index in [2.05, 4.69) is 17.2 Å². The summed E-state index contributed by atoms with van der Waals surface area (Å²) in [5.74, 6) is 0.660. The van der Waals surface area contributed by atoms with E-state index in [1.807, 2.05) is 0 Å². The van der Waals surface area contributed by atoms with Gasteiger partial charge in [-0.2, -0.15) is 13.2 Å². The summed E-state index contributed by atoms with van der Waals surface area (Å²) >= 11 is 4.68. The fourth-order valence-electron chi connectivity index (χ4n) is 1.74. The molecule has 0 unspecified atom stereocenters. The molecule has 0 radical (unpaired) electrons. The van der Waals surface area contributed by atoms with Crippen molar-refractivity contribution < 1.29 is 17.9 Å².